The molecule has 2 unspecified atom stereocenters. The Kier molecular flexibility index (Phi) is 1.97. The van der Waals surface area contributed by atoms with Crippen LogP contribution in [0, 0.1) is 0 Å². The molecule has 0 fully saturated rings. The number of nitrogens with two attached hydrogens (primary N) is 1. The van der Waals surface area contributed by atoms with Crippen molar-refractivity contribution in [1.82, 2.24) is 16.0 Å². The van der Waals surface area contributed by atoms with E-state index in [1.54, 1.807) is 0 Å². The minimum atomic E-state index is 0.420. The SMILES string of the molecule is C1=CNC(PC2NC=C[NH2+]2)N1. The van der Waals surface area contributed by atoms with Crippen LogP contribution < -0.4 is 21.3 Å². The molecular formula is C6H12N4P+. The lowest BCUT2D eigenvalue weighted by atomic mass is 11.0. The lowest BCUT2D eigenvalue weighted by molar-refractivity contribution is -0.597. The molecule has 0 amide bonds. The van der Waals surface area contributed by atoms with Crippen LogP contribution in [0.1, 0.15) is 0 Å². The minimum absolute atomic E-state index is 0.420. The molecule has 5 N–H and O–H groups in total. The number of hydrogen-bond donors (Lipinski definition) is 4. The van der Waals surface area contributed by atoms with Crippen molar-refractivity contribution < 1.29 is 5.32 Å². The monoisotopic (exact) mass is 171 g/mol. The average Bonchev–Trinajstić information content (AvgIpc) is 2.60. The van der Waals surface area contributed by atoms with Gasteiger partial charge in [0.15, 0.2) is 5.91 Å². The van der Waals surface area contributed by atoms with Gasteiger partial charge in [0.05, 0.1) is 6.20 Å². The van der Waals surface area contributed by atoms with Gasteiger partial charge in [0.1, 0.15) is 12.1 Å². The van der Waals surface area contributed by atoms with Crippen molar-refractivity contribution in [3.8, 4) is 0 Å². The summed E-state index contributed by atoms with van der Waals surface area (Å²) in [4.78, 5) is 0. The van der Waals surface area contributed by atoms with Crippen LogP contribution in [0.2, 0.25) is 0 Å². The summed E-state index contributed by atoms with van der Waals surface area (Å²) in [6, 6.07) is 0. The van der Waals surface area contributed by atoms with Crippen LogP contribution in [-0.2, 0) is 0 Å². The van der Waals surface area contributed by atoms with E-state index in [0.717, 1.165) is 8.58 Å². The largest absolute Gasteiger partial charge is 0.367 e. The first-order valence-electron chi connectivity index (χ1n) is 3.64. The summed E-state index contributed by atoms with van der Waals surface area (Å²) in [7, 11) is 0.826. The lowest BCUT2D eigenvalue weighted by Crippen LogP contribution is -2.83. The third-order valence-electron chi connectivity index (χ3n) is 1.63. The zero-order chi connectivity index (χ0) is 7.52. The number of nitrogens with one attached hydrogen (secondary N) is 3. The standard InChI is InChI=1S/C6H11N4P/c1-2-8-5(7-1)11-6-9-3-4-10-6/h1-11H/p+1. The van der Waals surface area contributed by atoms with Crippen molar-refractivity contribution in [3.05, 3.63) is 24.8 Å². The van der Waals surface area contributed by atoms with Gasteiger partial charge in [-0.15, -0.1) is 0 Å². The Morgan fingerprint density at radius 3 is 2.55 bits per heavy atom. The molecule has 2 aliphatic heterocycles. The summed E-state index contributed by atoms with van der Waals surface area (Å²) in [6.07, 6.45) is 7.93. The lowest BCUT2D eigenvalue weighted by Gasteiger charge is -2.15. The van der Waals surface area contributed by atoms with Gasteiger partial charge in [-0.25, -0.2) is 0 Å². The van der Waals surface area contributed by atoms with Gasteiger partial charge in [-0.3, -0.25) is 5.32 Å². The van der Waals surface area contributed by atoms with Gasteiger partial charge in [-0.2, -0.15) is 0 Å². The number of hydrogen-bond acceptors (Lipinski definition) is 3. The van der Waals surface area contributed by atoms with Crippen LogP contribution in [0.25, 0.3) is 0 Å². The Bertz CT molecular complexity index is 155. The highest BCUT2D eigenvalue weighted by molar-refractivity contribution is 7.39. The summed E-state index contributed by atoms with van der Waals surface area (Å²) < 4.78 is 0. The first-order valence-corrected chi connectivity index (χ1v) is 4.80. The van der Waals surface area contributed by atoms with Crippen LogP contribution in [-0.4, -0.2) is 11.8 Å². The Hall–Kier alpha value is -0.730. The van der Waals surface area contributed by atoms with E-state index in [0.29, 0.717) is 11.8 Å². The number of quaternary nitrogens is 1. The molecule has 0 aromatic carbocycles. The average molecular weight is 171 g/mol. The highest BCUT2D eigenvalue weighted by atomic mass is 31.1. The van der Waals surface area contributed by atoms with Crippen molar-refractivity contribution >= 4 is 8.58 Å². The van der Waals surface area contributed by atoms with Crippen molar-refractivity contribution in [2.24, 2.45) is 0 Å². The van der Waals surface area contributed by atoms with E-state index in [1.807, 2.05) is 18.6 Å². The molecule has 11 heavy (non-hydrogen) atoms. The van der Waals surface area contributed by atoms with Gasteiger partial charge >= 0.3 is 0 Å². The molecule has 0 saturated heterocycles. The fourth-order valence-electron chi connectivity index (χ4n) is 1.10. The predicted octanol–water partition coefficient (Wildman–Crippen LogP) is -1.47. The zero-order valence-electron chi connectivity index (χ0n) is 6.04. The molecule has 2 rings (SSSR count). The molecule has 2 aliphatic rings. The molecule has 0 aromatic rings. The molecule has 0 spiro atoms. The van der Waals surface area contributed by atoms with E-state index in [1.165, 1.54) is 0 Å². The molecule has 0 aliphatic carbocycles. The van der Waals surface area contributed by atoms with Gasteiger partial charge < -0.3 is 16.0 Å². The highest BCUT2D eigenvalue weighted by Gasteiger charge is 2.18. The molecule has 4 nitrogen and oxygen atoms in total. The van der Waals surface area contributed by atoms with Gasteiger partial charge in [-0.1, -0.05) is 0 Å². The first kappa shape index (κ1) is 6.95. The Labute approximate surface area is 67.3 Å². The molecule has 60 valence electrons. The van der Waals surface area contributed by atoms with E-state index < -0.39 is 0 Å². The van der Waals surface area contributed by atoms with Gasteiger partial charge in [0.2, 0.25) is 0 Å². The molecule has 0 aromatic heterocycles. The second-order valence-corrected chi connectivity index (χ2v) is 3.99. The van der Waals surface area contributed by atoms with Crippen molar-refractivity contribution in [3.63, 3.8) is 0 Å². The topological polar surface area (TPSA) is 52.7 Å². The second-order valence-electron chi connectivity index (χ2n) is 2.46. The third-order valence-corrected chi connectivity index (χ3v) is 3.02. The molecule has 5 heteroatoms. The fourth-order valence-corrected chi connectivity index (χ4v) is 2.26. The maximum atomic E-state index is 3.25. The van der Waals surface area contributed by atoms with Crippen molar-refractivity contribution in [2.75, 3.05) is 0 Å². The quantitative estimate of drug-likeness (QED) is 0.384. The summed E-state index contributed by atoms with van der Waals surface area (Å²) in [5.41, 5.74) is 0. The summed E-state index contributed by atoms with van der Waals surface area (Å²) in [5, 5.41) is 11.9. The smallest absolute Gasteiger partial charge is 0.181 e. The maximum absolute atomic E-state index is 3.25. The highest BCUT2D eigenvalue weighted by Crippen LogP contribution is 2.18. The van der Waals surface area contributed by atoms with E-state index >= 15 is 0 Å². The molecule has 0 saturated carbocycles. The van der Waals surface area contributed by atoms with Crippen LogP contribution in [0.5, 0.6) is 0 Å². The van der Waals surface area contributed by atoms with E-state index in [2.05, 4.69) is 27.5 Å². The van der Waals surface area contributed by atoms with Gasteiger partial charge in [0.25, 0.3) is 0 Å². The van der Waals surface area contributed by atoms with Gasteiger partial charge in [0, 0.05) is 21.0 Å². The van der Waals surface area contributed by atoms with Crippen LogP contribution in [0.3, 0.4) is 0 Å². The number of rotatable bonds is 2. The molecule has 0 radical (unpaired) electrons. The van der Waals surface area contributed by atoms with E-state index in [9.17, 15) is 0 Å². The summed E-state index contributed by atoms with van der Waals surface area (Å²) in [6.45, 7) is 0. The summed E-state index contributed by atoms with van der Waals surface area (Å²) >= 11 is 0. The normalized spacial score (nSPS) is 29.3. The Morgan fingerprint density at radius 1 is 1.09 bits per heavy atom. The first-order chi connectivity index (χ1) is 5.45. The predicted molar refractivity (Wildman–Crippen MR) is 45.5 cm³/mol. The molecule has 0 bridgehead atoms. The maximum Gasteiger partial charge on any atom is 0.181 e. The van der Waals surface area contributed by atoms with Crippen LogP contribution in [0.4, 0.5) is 0 Å². The molecular weight excluding hydrogens is 159 g/mol. The fraction of sp³-hybridized carbons (Fsp3) is 0.333. The van der Waals surface area contributed by atoms with Crippen molar-refractivity contribution in [1.29, 1.82) is 0 Å². The minimum Gasteiger partial charge on any atom is -0.367 e. The van der Waals surface area contributed by atoms with Gasteiger partial charge in [-0.05, 0) is 0 Å². The molecule has 2 heterocycles. The Morgan fingerprint density at radius 2 is 1.91 bits per heavy atom. The Balaban J connectivity index is 1.73. The van der Waals surface area contributed by atoms with Crippen LogP contribution >= 0.6 is 8.58 Å². The van der Waals surface area contributed by atoms with Crippen LogP contribution in [0.15, 0.2) is 24.8 Å². The summed E-state index contributed by atoms with van der Waals surface area (Å²) in [5.74, 6) is 0.934. The third kappa shape index (κ3) is 1.64. The zero-order valence-corrected chi connectivity index (χ0v) is 7.04. The second kappa shape index (κ2) is 3.11. The van der Waals surface area contributed by atoms with E-state index in [4.69, 9.17) is 0 Å². The van der Waals surface area contributed by atoms with E-state index in [-0.39, 0.29) is 0 Å². The molecule has 2 atom stereocenters. The van der Waals surface area contributed by atoms with Crippen molar-refractivity contribution in [2.45, 2.75) is 11.8 Å².